The van der Waals surface area contributed by atoms with Gasteiger partial charge in [-0.05, 0) is 87.6 Å². The molecular formula is C46HB29. The Morgan fingerprint density at radius 2 is 0.333 bits per heavy atom. The molecule has 29 heteroatoms. The summed E-state index contributed by atoms with van der Waals surface area (Å²) in [5.41, 5.74) is -4.42. The highest BCUT2D eigenvalue weighted by Crippen LogP contribution is 2.39. The maximum Gasteiger partial charge on any atom is 0.115 e. The molecule has 9 rings (SSSR count). The van der Waals surface area contributed by atoms with E-state index in [2.05, 4.69) is 0 Å². The summed E-state index contributed by atoms with van der Waals surface area (Å²) >= 11 is 0. The molecule has 0 spiro atoms. The minimum Gasteiger partial charge on any atom is -0.110 e. The van der Waals surface area contributed by atoms with Gasteiger partial charge in [0.2, 0.25) is 0 Å². The molecule has 0 saturated heterocycles. The van der Waals surface area contributed by atoms with Crippen LogP contribution < -0.4 is 158 Å². The van der Waals surface area contributed by atoms with Crippen molar-refractivity contribution in [1.82, 2.24) is 0 Å². The summed E-state index contributed by atoms with van der Waals surface area (Å²) in [6.07, 6.45) is 0. The molecule has 0 fully saturated rings. The molecule has 75 heavy (non-hydrogen) atoms. The third-order valence-electron chi connectivity index (χ3n) is 14.5. The molecule has 0 unspecified atom stereocenters. The highest BCUT2D eigenvalue weighted by molar-refractivity contribution is 6.77. The van der Waals surface area contributed by atoms with E-state index in [1.54, 1.807) is 0 Å². The van der Waals surface area contributed by atoms with Crippen molar-refractivity contribution in [2.24, 2.45) is 0 Å². The number of hydrogen-bond acceptors (Lipinski definition) is 0. The lowest BCUT2D eigenvalue weighted by Crippen LogP contribution is -2.53. The number of rotatable bonds is 4. The predicted octanol–water partition coefficient (Wildman–Crippen LogP) is -22.0. The monoisotopic (exact) mass is 872 g/mol. The SMILES string of the molecule is [B]c1cc2c(-c3c([B])c([B])c(-c4c([B])c([B])c([B])c5c([B])c([B])c([B])c([B])c45)c([B])c3[B])c3c([B])c([B])c([B])c([B])c3c(-c3c([B])c([B])c(-c4c([B])c([B])c5c([B])c([B])c([B])c([B])c5c4[B])c([B])c3[B])c2c([B])c1[B]. The van der Waals surface area contributed by atoms with E-state index in [4.69, 9.17) is 228 Å². The smallest absolute Gasteiger partial charge is 0.110 e. The molecule has 0 atom stereocenters. The van der Waals surface area contributed by atoms with E-state index in [9.17, 15) is 0 Å². The summed E-state index contributed by atoms with van der Waals surface area (Å²) in [6.45, 7) is 0. The average molecular weight is 867 g/mol. The topological polar surface area (TPSA) is 0 Å². The van der Waals surface area contributed by atoms with Crippen molar-refractivity contribution in [1.29, 1.82) is 0 Å². The number of benzene rings is 9. The normalized spacial score (nSPS) is 11.7. The van der Waals surface area contributed by atoms with Crippen molar-refractivity contribution in [3.63, 3.8) is 0 Å². The van der Waals surface area contributed by atoms with Crippen LogP contribution in [0.15, 0.2) is 6.07 Å². The molecule has 0 bridgehead atoms. The van der Waals surface area contributed by atoms with Gasteiger partial charge in [0.05, 0.1) is 0 Å². The van der Waals surface area contributed by atoms with Gasteiger partial charge < -0.3 is 0 Å². The average Bonchev–Trinajstić information content (AvgIpc) is 3.37. The van der Waals surface area contributed by atoms with Crippen molar-refractivity contribution in [3.05, 3.63) is 6.07 Å². The van der Waals surface area contributed by atoms with Crippen LogP contribution in [-0.2, 0) is 0 Å². The quantitative estimate of drug-likeness (QED) is 0.122. The van der Waals surface area contributed by atoms with Crippen LogP contribution >= 0.6 is 0 Å². The minimum atomic E-state index is -0.247. The van der Waals surface area contributed by atoms with Crippen molar-refractivity contribution >= 4 is 429 Å². The standard InChI is InChI=1S/C46HB29/c47-3-1-2-4(11-26(55)30(59)13(31(60)27(11)56)9-10-14(36(65)40(69)24(9)53)37(66)44(73)43(72)25(10)54)7-8(23(52)42(71)41(70)22(7)51)6(5(2)21(50)19(3)48)12-28(57)33(62)17(34(63)29(12)58)15-20(49)16-18(35(64)32(15)61)39(68)46(75)45(74)38(16)67/h1H. The maximum absolute atomic E-state index is 7.16. The van der Waals surface area contributed by atoms with Crippen molar-refractivity contribution < 1.29 is 0 Å². The Labute approximate surface area is 476 Å². The zero-order chi connectivity index (χ0) is 55.7. The summed E-state index contributed by atoms with van der Waals surface area (Å²) < 4.78 is 0. The lowest BCUT2D eigenvalue weighted by molar-refractivity contribution is 1.81. The van der Waals surface area contributed by atoms with Crippen molar-refractivity contribution in [3.8, 4) is 44.5 Å². The van der Waals surface area contributed by atoms with Crippen LogP contribution in [0.5, 0.6) is 0 Å². The summed E-state index contributed by atoms with van der Waals surface area (Å²) in [5.74, 6) is 0. The Balaban J connectivity index is 1.48. The molecule has 0 heterocycles. The van der Waals surface area contributed by atoms with Gasteiger partial charge in [0.1, 0.15) is 228 Å². The molecular weight excluding hydrogens is 866 g/mol. The molecule has 0 aromatic heterocycles. The van der Waals surface area contributed by atoms with Crippen molar-refractivity contribution in [2.45, 2.75) is 0 Å². The molecule has 0 N–H and O–H groups in total. The Morgan fingerprint density at radius 1 is 0.133 bits per heavy atom. The van der Waals surface area contributed by atoms with Gasteiger partial charge in [-0.1, -0.05) is 115 Å². The molecule has 0 saturated carbocycles. The summed E-state index contributed by atoms with van der Waals surface area (Å²) in [4.78, 5) is 0. The van der Waals surface area contributed by atoms with Gasteiger partial charge in [-0.25, -0.2) is 0 Å². The largest absolute Gasteiger partial charge is 0.115 e. The van der Waals surface area contributed by atoms with Crippen LogP contribution in [0.3, 0.4) is 0 Å². The van der Waals surface area contributed by atoms with E-state index >= 15 is 0 Å². The Bertz CT molecular complexity index is 4150. The molecule has 0 amide bonds. The van der Waals surface area contributed by atoms with E-state index in [1.165, 1.54) is 6.07 Å². The Morgan fingerprint density at radius 3 is 0.720 bits per heavy atom. The number of fused-ring (bicyclic) bond motifs is 4. The van der Waals surface area contributed by atoms with Crippen molar-refractivity contribution in [2.75, 3.05) is 0 Å². The fourth-order valence-corrected chi connectivity index (χ4v) is 10.4. The minimum absolute atomic E-state index is 0.00862. The lowest BCUT2D eigenvalue weighted by Gasteiger charge is -2.33. The van der Waals surface area contributed by atoms with Gasteiger partial charge in [-0.2, -0.15) is 0 Å². The molecule has 0 aliphatic carbocycles. The second kappa shape index (κ2) is 19.1. The van der Waals surface area contributed by atoms with Gasteiger partial charge in [-0.15, -0.1) is 49.2 Å². The fraction of sp³-hybridized carbons (Fsp3) is 0. The highest BCUT2D eigenvalue weighted by atomic mass is 14.3. The summed E-state index contributed by atoms with van der Waals surface area (Å²) in [5, 5.41) is 0.570. The predicted molar refractivity (Wildman–Crippen MR) is 354 cm³/mol. The lowest BCUT2D eigenvalue weighted by atomic mass is 9.55. The van der Waals surface area contributed by atoms with Gasteiger partial charge in [0.25, 0.3) is 0 Å². The van der Waals surface area contributed by atoms with Crippen LogP contribution in [0.1, 0.15) is 0 Å². The molecule has 58 radical (unpaired) electrons. The van der Waals surface area contributed by atoms with Gasteiger partial charge >= 0.3 is 0 Å². The molecule has 0 aliphatic heterocycles. The van der Waals surface area contributed by atoms with Crippen LogP contribution in [0.4, 0.5) is 0 Å². The molecule has 9 aromatic rings. The second-order valence-corrected chi connectivity index (χ2v) is 18.2. The van der Waals surface area contributed by atoms with E-state index in [1.807, 2.05) is 0 Å². The van der Waals surface area contributed by atoms with Crippen LogP contribution in [0.2, 0.25) is 0 Å². The Kier molecular flexibility index (Phi) is 14.2. The van der Waals surface area contributed by atoms with E-state index in [-0.39, 0.29) is 246 Å². The van der Waals surface area contributed by atoms with Crippen LogP contribution in [0, 0.1) is 0 Å². The maximum atomic E-state index is 7.16. The van der Waals surface area contributed by atoms with Gasteiger partial charge in [0, 0.05) is 0 Å². The number of hydrogen-bond donors (Lipinski definition) is 0. The van der Waals surface area contributed by atoms with Gasteiger partial charge in [-0.3, -0.25) is 0 Å². The second-order valence-electron chi connectivity index (χ2n) is 18.2. The third-order valence-corrected chi connectivity index (χ3v) is 14.5. The first kappa shape index (κ1) is 55.7. The molecule has 0 nitrogen and oxygen atoms in total. The van der Waals surface area contributed by atoms with Crippen LogP contribution in [0.25, 0.3) is 87.6 Å². The van der Waals surface area contributed by atoms with E-state index in [0.717, 1.165) is 0 Å². The fourth-order valence-electron chi connectivity index (χ4n) is 10.4. The molecule has 9 aromatic carbocycles. The third kappa shape index (κ3) is 7.46. The zero-order valence-corrected chi connectivity index (χ0v) is 39.8. The van der Waals surface area contributed by atoms with E-state index in [0.29, 0.717) is 0 Å². The van der Waals surface area contributed by atoms with Gasteiger partial charge in [0.15, 0.2) is 0 Å². The first-order valence-electron chi connectivity index (χ1n) is 21.9. The first-order chi connectivity index (χ1) is 34.9. The van der Waals surface area contributed by atoms with Crippen LogP contribution in [-0.4, -0.2) is 228 Å². The molecule has 0 aliphatic rings. The first-order valence-corrected chi connectivity index (χ1v) is 21.9. The highest BCUT2D eigenvalue weighted by Gasteiger charge is 2.30. The zero-order valence-electron chi connectivity index (χ0n) is 39.8. The molecule has 272 valence electrons. The Hall–Kier alpha value is -4.10. The summed E-state index contributed by atoms with van der Waals surface area (Å²) in [7, 11) is 195. The van der Waals surface area contributed by atoms with E-state index < -0.39 is 0 Å². The summed E-state index contributed by atoms with van der Waals surface area (Å²) in [6, 6.07) is 1.45.